The van der Waals surface area contributed by atoms with Crippen LogP contribution in [0, 0.1) is 30.1 Å². The van der Waals surface area contributed by atoms with Crippen molar-refractivity contribution < 1.29 is 19.1 Å². The lowest BCUT2D eigenvalue weighted by atomic mass is 9.49. The number of amides is 2. The molecule has 0 radical (unpaired) electrons. The van der Waals surface area contributed by atoms with E-state index in [1.807, 2.05) is 31.2 Å². The third kappa shape index (κ3) is 5.92. The highest BCUT2D eigenvalue weighted by atomic mass is 32.1. The molecule has 4 aliphatic carbocycles. The van der Waals surface area contributed by atoms with Gasteiger partial charge in [-0.3, -0.25) is 14.4 Å². The van der Waals surface area contributed by atoms with Crippen molar-refractivity contribution in [1.29, 1.82) is 0 Å². The Morgan fingerprint density at radius 3 is 2.43 bits per heavy atom. The van der Waals surface area contributed by atoms with Crippen LogP contribution in [0.4, 0.5) is 5.69 Å². The number of aromatic nitrogens is 1. The minimum Gasteiger partial charge on any atom is -0.458 e. The van der Waals surface area contributed by atoms with E-state index in [1.54, 1.807) is 5.38 Å². The molecule has 0 spiro atoms. The predicted octanol–water partition coefficient (Wildman–Crippen LogP) is 4.40. The monoisotopic (exact) mass is 495 g/mol. The lowest BCUT2D eigenvalue weighted by molar-refractivity contribution is -0.146. The second-order valence-electron chi connectivity index (χ2n) is 10.8. The summed E-state index contributed by atoms with van der Waals surface area (Å²) >= 11 is 1.36. The van der Waals surface area contributed by atoms with Gasteiger partial charge in [-0.1, -0.05) is 18.2 Å². The smallest absolute Gasteiger partial charge is 0.325 e. The van der Waals surface area contributed by atoms with Crippen LogP contribution in [0.3, 0.4) is 0 Å². The lowest BCUT2D eigenvalue weighted by Crippen LogP contribution is -2.48. The Labute approximate surface area is 210 Å². The highest BCUT2D eigenvalue weighted by Crippen LogP contribution is 2.61. The van der Waals surface area contributed by atoms with Crippen molar-refractivity contribution in [2.75, 3.05) is 11.9 Å². The van der Waals surface area contributed by atoms with Crippen LogP contribution in [0.15, 0.2) is 29.6 Å². The van der Waals surface area contributed by atoms with Crippen molar-refractivity contribution in [2.45, 2.75) is 64.9 Å². The number of hydrogen-bond donors (Lipinski definition) is 2. The Morgan fingerprint density at radius 2 is 1.74 bits per heavy atom. The summed E-state index contributed by atoms with van der Waals surface area (Å²) in [5.41, 5.74) is 2.54. The van der Waals surface area contributed by atoms with E-state index in [9.17, 15) is 14.4 Å². The molecule has 35 heavy (non-hydrogen) atoms. The summed E-state index contributed by atoms with van der Waals surface area (Å²) < 4.78 is 5.29. The molecule has 1 aromatic carbocycles. The normalized spacial score (nSPS) is 26.4. The van der Waals surface area contributed by atoms with Gasteiger partial charge in [-0.15, -0.1) is 11.3 Å². The standard InChI is InChI=1S/C27H33N3O4S/c1-17-4-2-3-5-22(17)30-23(31)9-25-29-21(16-35-25)15-34-26(33)14-28-24(32)13-27-10-18-6-19(11-27)8-20(7-18)12-27/h2-5,16,18-20H,6-15H2,1H3,(H,28,32)(H,30,31). The number of para-hydroxylation sites is 1. The molecule has 2 aromatic rings. The number of carbonyl (C=O) groups excluding carboxylic acids is 3. The first-order valence-electron chi connectivity index (χ1n) is 12.6. The largest absolute Gasteiger partial charge is 0.458 e. The Morgan fingerprint density at radius 1 is 1.06 bits per heavy atom. The first-order valence-corrected chi connectivity index (χ1v) is 13.4. The van der Waals surface area contributed by atoms with Crippen LogP contribution in [-0.4, -0.2) is 29.3 Å². The molecule has 1 aromatic heterocycles. The Bertz CT molecular complexity index is 1080. The molecule has 4 fully saturated rings. The zero-order valence-corrected chi connectivity index (χ0v) is 21.0. The number of esters is 1. The maximum absolute atomic E-state index is 12.6. The maximum atomic E-state index is 12.6. The van der Waals surface area contributed by atoms with Crippen LogP contribution in [0.1, 0.15) is 61.2 Å². The van der Waals surface area contributed by atoms with Crippen LogP contribution in [0.25, 0.3) is 0 Å². The summed E-state index contributed by atoms with van der Waals surface area (Å²) in [6.45, 7) is 1.84. The number of hydrogen-bond acceptors (Lipinski definition) is 6. The van der Waals surface area contributed by atoms with Crippen molar-refractivity contribution in [3.63, 3.8) is 0 Å². The van der Waals surface area contributed by atoms with Crippen LogP contribution in [0.2, 0.25) is 0 Å². The molecule has 4 saturated carbocycles. The van der Waals surface area contributed by atoms with Gasteiger partial charge in [0.05, 0.1) is 12.1 Å². The predicted molar refractivity (Wildman–Crippen MR) is 134 cm³/mol. The number of rotatable bonds is 9. The Balaban J connectivity index is 1.02. The third-order valence-corrected chi connectivity index (χ3v) is 8.74. The second-order valence-corrected chi connectivity index (χ2v) is 11.7. The van der Waals surface area contributed by atoms with Gasteiger partial charge in [0.1, 0.15) is 18.2 Å². The van der Waals surface area contributed by atoms with Gasteiger partial charge in [0.25, 0.3) is 0 Å². The van der Waals surface area contributed by atoms with Crippen LogP contribution in [-0.2, 0) is 32.1 Å². The molecule has 186 valence electrons. The number of aryl methyl sites for hydroxylation is 1. The molecular weight excluding hydrogens is 462 g/mol. The molecular formula is C27H33N3O4S. The van der Waals surface area contributed by atoms with Crippen LogP contribution < -0.4 is 10.6 Å². The van der Waals surface area contributed by atoms with E-state index in [2.05, 4.69) is 15.6 Å². The van der Waals surface area contributed by atoms with Crippen LogP contribution in [0.5, 0.6) is 0 Å². The molecule has 6 rings (SSSR count). The summed E-state index contributed by atoms with van der Waals surface area (Å²) in [6.07, 6.45) is 8.26. The fourth-order valence-electron chi connectivity index (χ4n) is 6.83. The zero-order valence-electron chi connectivity index (χ0n) is 20.2. The average Bonchev–Trinajstić information content (AvgIpc) is 3.23. The topological polar surface area (TPSA) is 97.4 Å². The fourth-order valence-corrected chi connectivity index (χ4v) is 7.60. The number of benzene rings is 1. The number of nitrogens with one attached hydrogen (secondary N) is 2. The number of ether oxygens (including phenoxy) is 1. The van der Waals surface area contributed by atoms with Gasteiger partial charge in [0.2, 0.25) is 11.8 Å². The van der Waals surface area contributed by atoms with Gasteiger partial charge in [0.15, 0.2) is 0 Å². The van der Waals surface area contributed by atoms with E-state index in [-0.39, 0.29) is 36.8 Å². The molecule has 7 nitrogen and oxygen atoms in total. The molecule has 1 heterocycles. The SMILES string of the molecule is Cc1ccccc1NC(=O)Cc1nc(COC(=O)CNC(=O)CC23CC4CC(CC(C4)C2)C3)cs1. The molecule has 4 bridgehead atoms. The average molecular weight is 496 g/mol. The van der Waals surface area contributed by atoms with E-state index in [1.165, 1.54) is 49.9 Å². The molecule has 8 heteroatoms. The van der Waals surface area contributed by atoms with Crippen molar-refractivity contribution in [3.8, 4) is 0 Å². The number of anilines is 1. The second kappa shape index (κ2) is 10.1. The number of carbonyl (C=O) groups is 3. The fraction of sp³-hybridized carbons (Fsp3) is 0.556. The van der Waals surface area contributed by atoms with Gasteiger partial charge in [0, 0.05) is 17.5 Å². The van der Waals surface area contributed by atoms with E-state index < -0.39 is 5.97 Å². The minimum atomic E-state index is -0.476. The molecule has 0 atom stereocenters. The van der Waals surface area contributed by atoms with Gasteiger partial charge in [-0.25, -0.2) is 4.98 Å². The van der Waals surface area contributed by atoms with Gasteiger partial charge in [-0.2, -0.15) is 0 Å². The molecule has 2 N–H and O–H groups in total. The summed E-state index contributed by atoms with van der Waals surface area (Å²) in [7, 11) is 0. The van der Waals surface area contributed by atoms with Gasteiger partial charge in [-0.05, 0) is 80.2 Å². The number of thiazole rings is 1. The minimum absolute atomic E-state index is 0.0274. The number of nitrogens with zero attached hydrogens (tertiary/aromatic N) is 1. The molecule has 4 aliphatic rings. The lowest BCUT2D eigenvalue weighted by Gasteiger charge is -2.56. The van der Waals surface area contributed by atoms with E-state index in [0.717, 1.165) is 29.0 Å². The van der Waals surface area contributed by atoms with E-state index >= 15 is 0 Å². The highest BCUT2D eigenvalue weighted by Gasteiger charge is 2.51. The first kappa shape index (κ1) is 24.0. The molecule has 2 amide bonds. The van der Waals surface area contributed by atoms with Gasteiger partial charge < -0.3 is 15.4 Å². The summed E-state index contributed by atoms with van der Waals surface area (Å²) in [5, 5.41) is 8.11. The van der Waals surface area contributed by atoms with Crippen molar-refractivity contribution in [3.05, 3.63) is 45.9 Å². The van der Waals surface area contributed by atoms with E-state index in [0.29, 0.717) is 17.1 Å². The molecule has 0 aliphatic heterocycles. The first-order chi connectivity index (χ1) is 16.9. The maximum Gasteiger partial charge on any atom is 0.325 e. The van der Waals surface area contributed by atoms with Crippen molar-refractivity contribution >= 4 is 34.8 Å². The van der Waals surface area contributed by atoms with E-state index in [4.69, 9.17) is 4.74 Å². The highest BCUT2D eigenvalue weighted by molar-refractivity contribution is 7.09. The van der Waals surface area contributed by atoms with Crippen molar-refractivity contribution in [2.24, 2.45) is 23.2 Å². The Hall–Kier alpha value is -2.74. The third-order valence-electron chi connectivity index (χ3n) is 7.84. The van der Waals surface area contributed by atoms with Crippen LogP contribution >= 0.6 is 11.3 Å². The summed E-state index contributed by atoms with van der Waals surface area (Å²) in [5.74, 6) is 1.75. The van der Waals surface area contributed by atoms with Crippen molar-refractivity contribution in [1.82, 2.24) is 10.3 Å². The summed E-state index contributed by atoms with van der Waals surface area (Å²) in [4.78, 5) is 41.5. The molecule has 0 unspecified atom stereocenters. The Kier molecular flexibility index (Phi) is 6.91. The molecule has 0 saturated heterocycles. The quantitative estimate of drug-likeness (QED) is 0.503. The zero-order chi connectivity index (χ0) is 24.4. The summed E-state index contributed by atoms with van der Waals surface area (Å²) in [6, 6.07) is 7.61. The van der Waals surface area contributed by atoms with Gasteiger partial charge >= 0.3 is 5.97 Å².